The van der Waals surface area contributed by atoms with Crippen LogP contribution in [0.15, 0.2) is 60.8 Å². The number of para-hydroxylation sites is 1. The molecule has 1 fully saturated rings. The second kappa shape index (κ2) is 8.25. The van der Waals surface area contributed by atoms with Crippen LogP contribution in [-0.4, -0.2) is 41.4 Å². The molecular formula is C22H26N6. The van der Waals surface area contributed by atoms with E-state index in [0.29, 0.717) is 11.9 Å². The molecule has 0 radical (unpaired) electrons. The average molecular weight is 374 g/mol. The van der Waals surface area contributed by atoms with Gasteiger partial charge in [-0.15, -0.1) is 5.10 Å². The van der Waals surface area contributed by atoms with E-state index in [2.05, 4.69) is 98.7 Å². The summed E-state index contributed by atoms with van der Waals surface area (Å²) in [4.78, 5) is 9.34. The van der Waals surface area contributed by atoms with Crippen LogP contribution >= 0.6 is 0 Å². The summed E-state index contributed by atoms with van der Waals surface area (Å²) < 4.78 is 0. The fourth-order valence-corrected chi connectivity index (χ4v) is 3.41. The normalized spacial score (nSPS) is 14.4. The first-order valence-electron chi connectivity index (χ1n) is 9.81. The SMILES string of the molecule is CC(C)c1ccc(Nc2nncc(N3CCN(c4ccccc4)CC3)n2)cc1. The Balaban J connectivity index is 1.40. The van der Waals surface area contributed by atoms with E-state index >= 15 is 0 Å². The summed E-state index contributed by atoms with van der Waals surface area (Å²) in [6.45, 7) is 8.14. The van der Waals surface area contributed by atoms with Gasteiger partial charge in [-0.3, -0.25) is 0 Å². The topological polar surface area (TPSA) is 57.2 Å². The van der Waals surface area contributed by atoms with Crippen molar-refractivity contribution in [2.24, 2.45) is 0 Å². The van der Waals surface area contributed by atoms with Crippen molar-refractivity contribution in [1.29, 1.82) is 0 Å². The Kier molecular flexibility index (Phi) is 5.37. The van der Waals surface area contributed by atoms with Crippen molar-refractivity contribution < 1.29 is 0 Å². The molecule has 28 heavy (non-hydrogen) atoms. The number of rotatable bonds is 5. The van der Waals surface area contributed by atoms with Gasteiger partial charge in [0.2, 0.25) is 5.95 Å². The molecule has 1 N–H and O–H groups in total. The van der Waals surface area contributed by atoms with Crippen LogP contribution in [0.25, 0.3) is 0 Å². The van der Waals surface area contributed by atoms with E-state index in [1.54, 1.807) is 6.20 Å². The summed E-state index contributed by atoms with van der Waals surface area (Å²) >= 11 is 0. The van der Waals surface area contributed by atoms with Crippen LogP contribution < -0.4 is 15.1 Å². The van der Waals surface area contributed by atoms with E-state index in [9.17, 15) is 0 Å². The lowest BCUT2D eigenvalue weighted by atomic mass is 10.0. The van der Waals surface area contributed by atoms with Crippen LogP contribution in [0.2, 0.25) is 0 Å². The lowest BCUT2D eigenvalue weighted by molar-refractivity contribution is 0.645. The van der Waals surface area contributed by atoms with E-state index in [1.807, 2.05) is 0 Å². The lowest BCUT2D eigenvalue weighted by Gasteiger charge is -2.36. The monoisotopic (exact) mass is 374 g/mol. The van der Waals surface area contributed by atoms with Gasteiger partial charge in [-0.1, -0.05) is 44.2 Å². The van der Waals surface area contributed by atoms with Crippen molar-refractivity contribution in [3.05, 3.63) is 66.4 Å². The van der Waals surface area contributed by atoms with Crippen molar-refractivity contribution in [3.63, 3.8) is 0 Å². The van der Waals surface area contributed by atoms with Gasteiger partial charge in [0.05, 0.1) is 6.20 Å². The molecule has 1 aliphatic rings. The maximum atomic E-state index is 4.67. The van der Waals surface area contributed by atoms with Crippen molar-refractivity contribution in [2.45, 2.75) is 19.8 Å². The van der Waals surface area contributed by atoms with Crippen molar-refractivity contribution in [1.82, 2.24) is 15.2 Å². The van der Waals surface area contributed by atoms with Gasteiger partial charge in [-0.2, -0.15) is 10.1 Å². The zero-order valence-electron chi connectivity index (χ0n) is 16.4. The third-order valence-electron chi connectivity index (χ3n) is 5.10. The molecule has 0 spiro atoms. The Morgan fingerprint density at radius 3 is 2.21 bits per heavy atom. The number of piperazine rings is 1. The third-order valence-corrected chi connectivity index (χ3v) is 5.10. The standard InChI is InChI=1S/C22H26N6/c1-17(2)18-8-10-19(11-9-18)24-22-25-21(16-23-26-22)28-14-12-27(13-15-28)20-6-4-3-5-7-20/h3-11,16-17H,12-15H2,1-2H3,(H,24,25,26). The summed E-state index contributed by atoms with van der Waals surface area (Å²) in [6.07, 6.45) is 1.74. The first kappa shape index (κ1) is 18.2. The van der Waals surface area contributed by atoms with Gasteiger partial charge in [0.15, 0.2) is 5.82 Å². The van der Waals surface area contributed by atoms with Crippen molar-refractivity contribution >= 4 is 23.1 Å². The Bertz CT molecular complexity index is 886. The largest absolute Gasteiger partial charge is 0.368 e. The van der Waals surface area contributed by atoms with Gasteiger partial charge in [0.25, 0.3) is 0 Å². The molecule has 0 atom stereocenters. The smallest absolute Gasteiger partial charge is 0.249 e. The maximum absolute atomic E-state index is 4.67. The van der Waals surface area contributed by atoms with Gasteiger partial charge in [0, 0.05) is 37.6 Å². The molecule has 0 unspecified atom stereocenters. The number of nitrogens with zero attached hydrogens (tertiary/aromatic N) is 5. The van der Waals surface area contributed by atoms with Gasteiger partial charge in [-0.05, 0) is 35.7 Å². The predicted molar refractivity (Wildman–Crippen MR) is 115 cm³/mol. The summed E-state index contributed by atoms with van der Waals surface area (Å²) in [5.74, 6) is 1.91. The minimum Gasteiger partial charge on any atom is -0.368 e. The summed E-state index contributed by atoms with van der Waals surface area (Å²) in [7, 11) is 0. The molecule has 0 amide bonds. The highest BCUT2D eigenvalue weighted by atomic mass is 15.3. The number of anilines is 4. The molecule has 2 heterocycles. The molecule has 1 aromatic heterocycles. The van der Waals surface area contributed by atoms with Crippen molar-refractivity contribution in [3.8, 4) is 0 Å². The number of hydrogen-bond donors (Lipinski definition) is 1. The number of hydrogen-bond acceptors (Lipinski definition) is 6. The quantitative estimate of drug-likeness (QED) is 0.727. The van der Waals surface area contributed by atoms with Crippen LogP contribution in [-0.2, 0) is 0 Å². The fraction of sp³-hybridized carbons (Fsp3) is 0.318. The highest BCUT2D eigenvalue weighted by molar-refractivity contribution is 5.55. The van der Waals surface area contributed by atoms with Gasteiger partial charge in [0.1, 0.15) is 0 Å². The molecule has 3 aromatic rings. The molecule has 0 bridgehead atoms. The lowest BCUT2D eigenvalue weighted by Crippen LogP contribution is -2.46. The molecule has 1 aliphatic heterocycles. The molecule has 2 aromatic carbocycles. The van der Waals surface area contributed by atoms with E-state index in [4.69, 9.17) is 0 Å². The Labute approximate surface area is 166 Å². The molecule has 4 rings (SSSR count). The number of benzene rings is 2. The van der Waals surface area contributed by atoms with Gasteiger partial charge in [-0.25, -0.2) is 0 Å². The van der Waals surface area contributed by atoms with Crippen LogP contribution in [0.3, 0.4) is 0 Å². The number of nitrogens with one attached hydrogen (secondary N) is 1. The van der Waals surface area contributed by atoms with Crippen LogP contribution in [0.4, 0.5) is 23.1 Å². The molecule has 6 heteroatoms. The van der Waals surface area contributed by atoms with E-state index in [-0.39, 0.29) is 0 Å². The molecule has 0 aliphatic carbocycles. The maximum Gasteiger partial charge on any atom is 0.249 e. The minimum absolute atomic E-state index is 0.518. The minimum atomic E-state index is 0.518. The van der Waals surface area contributed by atoms with Gasteiger partial charge >= 0.3 is 0 Å². The first-order valence-corrected chi connectivity index (χ1v) is 9.81. The van der Waals surface area contributed by atoms with E-state index < -0.39 is 0 Å². The average Bonchev–Trinajstić information content (AvgIpc) is 2.75. The summed E-state index contributed by atoms with van der Waals surface area (Å²) in [5, 5.41) is 11.6. The molecule has 144 valence electrons. The zero-order valence-corrected chi connectivity index (χ0v) is 16.4. The molecule has 1 saturated heterocycles. The number of aromatic nitrogens is 3. The second-order valence-electron chi connectivity index (χ2n) is 7.35. The third kappa shape index (κ3) is 4.22. The van der Waals surface area contributed by atoms with Crippen molar-refractivity contribution in [2.75, 3.05) is 41.3 Å². The summed E-state index contributed by atoms with van der Waals surface area (Å²) in [5.41, 5.74) is 3.56. The highest BCUT2D eigenvalue weighted by Gasteiger charge is 2.19. The molecular weight excluding hydrogens is 348 g/mol. The van der Waals surface area contributed by atoms with Crippen LogP contribution in [0.1, 0.15) is 25.3 Å². The highest BCUT2D eigenvalue weighted by Crippen LogP contribution is 2.21. The zero-order chi connectivity index (χ0) is 19.3. The predicted octanol–water partition coefficient (Wildman–Crippen LogP) is 4.07. The fourth-order valence-electron chi connectivity index (χ4n) is 3.41. The van der Waals surface area contributed by atoms with E-state index in [0.717, 1.165) is 37.7 Å². The Hall–Kier alpha value is -3.15. The van der Waals surface area contributed by atoms with E-state index in [1.165, 1.54) is 11.3 Å². The Morgan fingerprint density at radius 2 is 1.54 bits per heavy atom. The Morgan fingerprint density at radius 1 is 0.857 bits per heavy atom. The second-order valence-corrected chi connectivity index (χ2v) is 7.35. The molecule has 6 nitrogen and oxygen atoms in total. The van der Waals surface area contributed by atoms with Crippen LogP contribution in [0.5, 0.6) is 0 Å². The molecule has 0 saturated carbocycles. The summed E-state index contributed by atoms with van der Waals surface area (Å²) in [6, 6.07) is 18.9. The van der Waals surface area contributed by atoms with Crippen LogP contribution in [0, 0.1) is 0 Å². The van der Waals surface area contributed by atoms with Gasteiger partial charge < -0.3 is 15.1 Å². The first-order chi connectivity index (χ1) is 13.7.